The van der Waals surface area contributed by atoms with E-state index in [0.717, 1.165) is 0 Å². The Kier molecular flexibility index (Phi) is 2.06. The fraction of sp³-hybridized carbons (Fsp3) is 1.00. The second-order valence-corrected chi connectivity index (χ2v) is 29.1. The van der Waals surface area contributed by atoms with Gasteiger partial charge in [-0.15, -0.1) is 0 Å². The summed E-state index contributed by atoms with van der Waals surface area (Å²) >= 11 is 0. The zero-order valence-corrected chi connectivity index (χ0v) is 11.9. The lowest BCUT2D eigenvalue weighted by atomic mass is 11.7. The summed E-state index contributed by atoms with van der Waals surface area (Å²) in [7, 11) is -2.09. The molecule has 11 heavy (non-hydrogen) atoms. The van der Waals surface area contributed by atoms with E-state index >= 15 is 0 Å². The Balaban J connectivity index is 2.89. The molecule has 0 spiro atoms. The van der Waals surface area contributed by atoms with Crippen LogP contribution in [0.3, 0.4) is 0 Å². The summed E-state index contributed by atoms with van der Waals surface area (Å²) in [5.74, 6) is 0. The lowest BCUT2D eigenvalue weighted by Gasteiger charge is -2.30. The van der Waals surface area contributed by atoms with Crippen molar-refractivity contribution in [3.05, 3.63) is 0 Å². The summed E-state index contributed by atoms with van der Waals surface area (Å²) in [6.45, 7) is 15.8. The first-order chi connectivity index (χ1) is 4.66. The van der Waals surface area contributed by atoms with E-state index in [-0.39, 0.29) is 0 Å². The third-order valence-electron chi connectivity index (χ3n) is 3.67. The summed E-state index contributed by atoms with van der Waals surface area (Å²) < 4.78 is 0. The summed E-state index contributed by atoms with van der Waals surface area (Å²) in [6.07, 6.45) is 0. The standard InChI is InChI=1S/C8H22Si3/c1-9(2)7-10(3,4)11(5,6)8-9/h7-8H2,1-6H3. The van der Waals surface area contributed by atoms with Gasteiger partial charge in [0.15, 0.2) is 0 Å². The van der Waals surface area contributed by atoms with Crippen LogP contribution in [-0.2, 0) is 0 Å². The van der Waals surface area contributed by atoms with Crippen LogP contribution in [-0.4, -0.2) is 23.3 Å². The first-order valence-corrected chi connectivity index (χ1v) is 15.5. The predicted octanol–water partition coefficient (Wildman–Crippen LogP) is 3.28. The Hall–Kier alpha value is 0.651. The van der Waals surface area contributed by atoms with Crippen LogP contribution in [0.2, 0.25) is 50.6 Å². The summed E-state index contributed by atoms with van der Waals surface area (Å²) in [5, 5.41) is 0. The zero-order valence-electron chi connectivity index (χ0n) is 8.91. The van der Waals surface area contributed by atoms with Crippen LogP contribution in [0.4, 0.5) is 0 Å². The molecular weight excluding hydrogens is 180 g/mol. The first-order valence-electron chi connectivity index (χ1n) is 4.66. The minimum Gasteiger partial charge on any atom is -0.0715 e. The smallest absolute Gasteiger partial charge is 0.0417 e. The first kappa shape index (κ1) is 9.74. The second kappa shape index (κ2) is 2.33. The van der Waals surface area contributed by atoms with Crippen molar-refractivity contribution in [2.45, 2.75) is 50.6 Å². The highest BCUT2D eigenvalue weighted by atomic mass is 29.3. The van der Waals surface area contributed by atoms with Crippen LogP contribution in [0.5, 0.6) is 0 Å². The highest BCUT2D eigenvalue weighted by molar-refractivity contribution is 7.48. The molecule has 1 rings (SSSR count). The van der Waals surface area contributed by atoms with E-state index in [0.29, 0.717) is 0 Å². The third-order valence-corrected chi connectivity index (χ3v) is 36.2. The summed E-state index contributed by atoms with van der Waals surface area (Å²) in [6, 6.07) is 0. The van der Waals surface area contributed by atoms with Crippen LogP contribution in [0, 0.1) is 0 Å². The lowest BCUT2D eigenvalue weighted by molar-refractivity contribution is 1.57. The Morgan fingerprint density at radius 3 is 1.00 bits per heavy atom. The average molecular weight is 203 g/mol. The average Bonchev–Trinajstić information content (AvgIpc) is 1.66. The summed E-state index contributed by atoms with van der Waals surface area (Å²) in [5.41, 5.74) is 3.42. The Morgan fingerprint density at radius 2 is 0.909 bits per heavy atom. The number of rotatable bonds is 0. The van der Waals surface area contributed by atoms with Gasteiger partial charge in [-0.1, -0.05) is 50.6 Å². The Labute approximate surface area is 74.2 Å². The Morgan fingerprint density at radius 1 is 0.636 bits per heavy atom. The van der Waals surface area contributed by atoms with E-state index in [4.69, 9.17) is 0 Å². The van der Waals surface area contributed by atoms with Gasteiger partial charge < -0.3 is 0 Å². The van der Waals surface area contributed by atoms with Gasteiger partial charge in [-0.3, -0.25) is 0 Å². The summed E-state index contributed by atoms with van der Waals surface area (Å²) in [4.78, 5) is 0. The molecule has 0 aromatic rings. The molecule has 0 aromatic heterocycles. The van der Waals surface area contributed by atoms with Crippen molar-refractivity contribution in [2.24, 2.45) is 0 Å². The van der Waals surface area contributed by atoms with Crippen LogP contribution in [0.25, 0.3) is 0 Å². The molecule has 0 atom stereocenters. The van der Waals surface area contributed by atoms with Gasteiger partial charge in [-0.25, -0.2) is 0 Å². The third kappa shape index (κ3) is 1.70. The maximum absolute atomic E-state index is 2.64. The van der Waals surface area contributed by atoms with Gasteiger partial charge in [-0.05, 0) is 0 Å². The van der Waals surface area contributed by atoms with Gasteiger partial charge in [0.25, 0.3) is 0 Å². The lowest BCUT2D eigenvalue weighted by Crippen LogP contribution is -2.49. The highest BCUT2D eigenvalue weighted by Gasteiger charge is 2.53. The van der Waals surface area contributed by atoms with Crippen molar-refractivity contribution < 1.29 is 0 Å². The molecule has 0 N–H and O–H groups in total. The maximum atomic E-state index is 2.64. The van der Waals surface area contributed by atoms with Gasteiger partial charge in [0.1, 0.15) is 0 Å². The molecule has 1 aliphatic heterocycles. The molecule has 0 bridgehead atoms. The van der Waals surface area contributed by atoms with Gasteiger partial charge >= 0.3 is 0 Å². The molecule has 0 radical (unpaired) electrons. The van der Waals surface area contributed by atoms with Gasteiger partial charge in [-0.2, -0.15) is 0 Å². The largest absolute Gasteiger partial charge is 0.0715 e. The quantitative estimate of drug-likeness (QED) is 0.529. The van der Waals surface area contributed by atoms with Crippen molar-refractivity contribution in [1.29, 1.82) is 0 Å². The number of hydrogen-bond acceptors (Lipinski definition) is 0. The van der Waals surface area contributed by atoms with Gasteiger partial charge in [0, 0.05) is 23.3 Å². The van der Waals surface area contributed by atoms with E-state index in [2.05, 4.69) is 39.3 Å². The van der Waals surface area contributed by atoms with E-state index < -0.39 is 23.3 Å². The molecule has 0 nitrogen and oxygen atoms in total. The monoisotopic (exact) mass is 202 g/mol. The maximum Gasteiger partial charge on any atom is 0.0417 e. The van der Waals surface area contributed by atoms with Crippen LogP contribution in [0.15, 0.2) is 0 Å². The van der Waals surface area contributed by atoms with Crippen LogP contribution < -0.4 is 0 Å². The van der Waals surface area contributed by atoms with E-state index in [1.165, 1.54) is 0 Å². The normalized spacial score (nSPS) is 32.2. The van der Waals surface area contributed by atoms with Crippen molar-refractivity contribution in [3.63, 3.8) is 0 Å². The van der Waals surface area contributed by atoms with Gasteiger partial charge in [0.05, 0.1) is 0 Å². The molecule has 1 aliphatic rings. The van der Waals surface area contributed by atoms with E-state index in [9.17, 15) is 0 Å². The Bertz CT molecular complexity index is 152. The molecule has 0 aromatic carbocycles. The van der Waals surface area contributed by atoms with Crippen molar-refractivity contribution in [3.8, 4) is 0 Å². The van der Waals surface area contributed by atoms with Crippen LogP contribution in [0.1, 0.15) is 0 Å². The second-order valence-electron chi connectivity index (χ2n) is 6.29. The minimum atomic E-state index is -0.703. The topological polar surface area (TPSA) is 0 Å². The number of hydrogen-bond donors (Lipinski definition) is 0. The van der Waals surface area contributed by atoms with Crippen LogP contribution >= 0.6 is 0 Å². The van der Waals surface area contributed by atoms with E-state index in [1.807, 2.05) is 0 Å². The van der Waals surface area contributed by atoms with Crippen molar-refractivity contribution in [2.75, 3.05) is 0 Å². The predicted molar refractivity (Wildman–Crippen MR) is 62.1 cm³/mol. The highest BCUT2D eigenvalue weighted by Crippen LogP contribution is 2.42. The van der Waals surface area contributed by atoms with Gasteiger partial charge in [0.2, 0.25) is 0 Å². The fourth-order valence-electron chi connectivity index (χ4n) is 2.93. The molecule has 0 amide bonds. The molecular formula is C8H22Si3. The molecule has 3 heteroatoms. The molecule has 1 saturated heterocycles. The zero-order chi connectivity index (χ0) is 8.91. The SMILES string of the molecule is C[Si]1(C)C[Si](C)(C)[Si](C)(C)C1. The molecule has 0 aliphatic carbocycles. The molecule has 66 valence electrons. The van der Waals surface area contributed by atoms with Crippen molar-refractivity contribution >= 4 is 23.3 Å². The molecule has 1 heterocycles. The fourth-order valence-corrected chi connectivity index (χ4v) is 44.8. The van der Waals surface area contributed by atoms with E-state index in [1.54, 1.807) is 11.3 Å². The molecule has 1 fully saturated rings. The molecule has 0 saturated carbocycles. The van der Waals surface area contributed by atoms with Crippen molar-refractivity contribution in [1.82, 2.24) is 0 Å². The minimum absolute atomic E-state index is 0.688. The molecule has 0 unspecified atom stereocenters.